The molecule has 0 bridgehead atoms. The van der Waals surface area contributed by atoms with Crippen LogP contribution < -0.4 is 21.7 Å². The molecule has 0 spiro atoms. The minimum Gasteiger partial charge on any atom is -0.397 e. The third-order valence-electron chi connectivity index (χ3n) is 3.16. The first kappa shape index (κ1) is 13.2. The molecule has 6 heteroatoms. The Morgan fingerprint density at radius 3 is 2.89 bits per heavy atom. The van der Waals surface area contributed by atoms with Crippen molar-refractivity contribution in [1.29, 1.82) is 0 Å². The van der Waals surface area contributed by atoms with Gasteiger partial charge in [-0.1, -0.05) is 0 Å². The summed E-state index contributed by atoms with van der Waals surface area (Å²) in [4.78, 5) is 22.5. The van der Waals surface area contributed by atoms with Crippen LogP contribution in [0.15, 0.2) is 18.2 Å². The zero-order valence-electron chi connectivity index (χ0n) is 10.8. The Balaban J connectivity index is 1.97. The quantitative estimate of drug-likeness (QED) is 0.587. The van der Waals surface area contributed by atoms with E-state index in [1.165, 1.54) is 0 Å². The largest absolute Gasteiger partial charge is 0.397 e. The first-order chi connectivity index (χ1) is 9.10. The van der Waals surface area contributed by atoms with Crippen LogP contribution in [-0.2, 0) is 4.79 Å². The molecule has 2 amide bonds. The molecule has 1 saturated heterocycles. The van der Waals surface area contributed by atoms with Crippen LogP contribution in [0.4, 0.5) is 11.4 Å². The first-order valence-electron chi connectivity index (χ1n) is 6.25. The number of anilines is 2. The Morgan fingerprint density at radius 1 is 1.53 bits per heavy atom. The second-order valence-electron chi connectivity index (χ2n) is 4.57. The van der Waals surface area contributed by atoms with E-state index in [0.717, 1.165) is 12.1 Å². The van der Waals surface area contributed by atoms with Crippen molar-refractivity contribution in [1.82, 2.24) is 10.6 Å². The molecular weight excluding hydrogens is 244 g/mol. The van der Waals surface area contributed by atoms with Gasteiger partial charge in [0.1, 0.15) is 0 Å². The van der Waals surface area contributed by atoms with Gasteiger partial charge in [-0.05, 0) is 24.6 Å². The van der Waals surface area contributed by atoms with Gasteiger partial charge in [0, 0.05) is 31.6 Å². The van der Waals surface area contributed by atoms with E-state index in [4.69, 9.17) is 5.73 Å². The lowest BCUT2D eigenvalue weighted by atomic mass is 10.1. The summed E-state index contributed by atoms with van der Waals surface area (Å²) in [6.07, 6.45) is 1.42. The number of nitrogen functional groups attached to an aromatic ring is 1. The predicted molar refractivity (Wildman–Crippen MR) is 73.9 cm³/mol. The van der Waals surface area contributed by atoms with Gasteiger partial charge in [-0.3, -0.25) is 9.59 Å². The summed E-state index contributed by atoms with van der Waals surface area (Å²) in [6.45, 7) is 0.634. The zero-order chi connectivity index (χ0) is 13.8. The van der Waals surface area contributed by atoms with E-state index in [-0.39, 0.29) is 17.9 Å². The van der Waals surface area contributed by atoms with Crippen molar-refractivity contribution in [2.75, 3.05) is 24.6 Å². The van der Waals surface area contributed by atoms with Crippen LogP contribution in [0.1, 0.15) is 23.2 Å². The van der Waals surface area contributed by atoms with Gasteiger partial charge >= 0.3 is 0 Å². The SMILES string of the molecule is CNC(=O)c1ccc(NCC2CCC(=O)N2)c(N)c1. The molecule has 19 heavy (non-hydrogen) atoms. The van der Waals surface area contributed by atoms with E-state index in [1.807, 2.05) is 0 Å². The smallest absolute Gasteiger partial charge is 0.251 e. The maximum Gasteiger partial charge on any atom is 0.251 e. The summed E-state index contributed by atoms with van der Waals surface area (Å²) in [5.74, 6) is -0.0731. The van der Waals surface area contributed by atoms with Crippen LogP contribution in [0.3, 0.4) is 0 Å². The average Bonchev–Trinajstić information content (AvgIpc) is 2.82. The molecule has 6 nitrogen and oxygen atoms in total. The fraction of sp³-hybridized carbons (Fsp3) is 0.385. The molecule has 5 N–H and O–H groups in total. The first-order valence-corrected chi connectivity index (χ1v) is 6.25. The van der Waals surface area contributed by atoms with Gasteiger partial charge in [-0.2, -0.15) is 0 Å². The number of hydrogen-bond donors (Lipinski definition) is 4. The summed E-state index contributed by atoms with van der Waals surface area (Å²) in [5.41, 5.74) is 7.71. The van der Waals surface area contributed by atoms with Crippen molar-refractivity contribution in [3.63, 3.8) is 0 Å². The van der Waals surface area contributed by atoms with Crippen LogP contribution in [0, 0.1) is 0 Å². The predicted octanol–water partition coefficient (Wildman–Crippen LogP) is 0.319. The van der Waals surface area contributed by atoms with Crippen molar-refractivity contribution in [2.45, 2.75) is 18.9 Å². The summed E-state index contributed by atoms with van der Waals surface area (Å²) >= 11 is 0. The lowest BCUT2D eigenvalue weighted by Gasteiger charge is -2.14. The molecule has 0 aromatic heterocycles. The number of rotatable bonds is 4. The van der Waals surface area contributed by atoms with Gasteiger partial charge < -0.3 is 21.7 Å². The molecule has 1 aliphatic rings. The number of carbonyl (C=O) groups excluding carboxylic acids is 2. The van der Waals surface area contributed by atoms with Gasteiger partial charge in [0.2, 0.25) is 5.91 Å². The van der Waals surface area contributed by atoms with Crippen LogP contribution >= 0.6 is 0 Å². The number of carbonyl (C=O) groups is 2. The van der Waals surface area contributed by atoms with Crippen molar-refractivity contribution in [3.05, 3.63) is 23.8 Å². The summed E-state index contributed by atoms with van der Waals surface area (Å²) in [5, 5.41) is 8.61. The summed E-state index contributed by atoms with van der Waals surface area (Å²) in [7, 11) is 1.58. The number of nitrogens with one attached hydrogen (secondary N) is 3. The highest BCUT2D eigenvalue weighted by molar-refractivity contribution is 5.95. The molecule has 102 valence electrons. The Labute approximate surface area is 111 Å². The fourth-order valence-electron chi connectivity index (χ4n) is 2.07. The number of hydrogen-bond acceptors (Lipinski definition) is 4. The van der Waals surface area contributed by atoms with E-state index >= 15 is 0 Å². The normalized spacial score (nSPS) is 17.9. The van der Waals surface area contributed by atoms with Gasteiger partial charge in [-0.25, -0.2) is 0 Å². The van der Waals surface area contributed by atoms with Crippen molar-refractivity contribution in [3.8, 4) is 0 Å². The Kier molecular flexibility index (Phi) is 3.89. The Hall–Kier alpha value is -2.24. The molecular formula is C13H18N4O2. The number of benzene rings is 1. The molecule has 1 aromatic carbocycles. The minimum atomic E-state index is -0.165. The van der Waals surface area contributed by atoms with Crippen LogP contribution in [0.25, 0.3) is 0 Å². The topological polar surface area (TPSA) is 96.2 Å². The van der Waals surface area contributed by atoms with Crippen molar-refractivity contribution in [2.24, 2.45) is 0 Å². The van der Waals surface area contributed by atoms with E-state index in [1.54, 1.807) is 25.2 Å². The van der Waals surface area contributed by atoms with Gasteiger partial charge in [-0.15, -0.1) is 0 Å². The Morgan fingerprint density at radius 2 is 2.32 bits per heavy atom. The van der Waals surface area contributed by atoms with Crippen LogP contribution in [-0.4, -0.2) is 31.4 Å². The zero-order valence-corrected chi connectivity index (χ0v) is 10.8. The van der Waals surface area contributed by atoms with Gasteiger partial charge in [0.25, 0.3) is 5.91 Å². The lowest BCUT2D eigenvalue weighted by molar-refractivity contribution is -0.119. The molecule has 0 radical (unpaired) electrons. The molecule has 1 aromatic rings. The second kappa shape index (κ2) is 5.60. The minimum absolute atomic E-state index is 0.0923. The second-order valence-corrected chi connectivity index (χ2v) is 4.57. The summed E-state index contributed by atoms with van der Waals surface area (Å²) in [6, 6.07) is 5.26. The molecule has 1 atom stereocenters. The van der Waals surface area contributed by atoms with E-state index < -0.39 is 0 Å². The van der Waals surface area contributed by atoms with Gasteiger partial charge in [0.05, 0.1) is 11.4 Å². The van der Waals surface area contributed by atoms with E-state index in [0.29, 0.717) is 24.2 Å². The van der Waals surface area contributed by atoms with Gasteiger partial charge in [0.15, 0.2) is 0 Å². The van der Waals surface area contributed by atoms with Crippen LogP contribution in [0.2, 0.25) is 0 Å². The monoisotopic (exact) mass is 262 g/mol. The van der Waals surface area contributed by atoms with E-state index in [2.05, 4.69) is 16.0 Å². The maximum atomic E-state index is 11.4. The molecule has 1 heterocycles. The van der Waals surface area contributed by atoms with E-state index in [9.17, 15) is 9.59 Å². The molecule has 1 unspecified atom stereocenters. The Bertz CT molecular complexity index is 501. The average molecular weight is 262 g/mol. The summed E-state index contributed by atoms with van der Waals surface area (Å²) < 4.78 is 0. The highest BCUT2D eigenvalue weighted by Crippen LogP contribution is 2.20. The molecule has 0 aliphatic carbocycles. The van der Waals surface area contributed by atoms with Crippen molar-refractivity contribution < 1.29 is 9.59 Å². The molecule has 1 fully saturated rings. The highest BCUT2D eigenvalue weighted by atomic mass is 16.2. The van der Waals surface area contributed by atoms with Crippen molar-refractivity contribution >= 4 is 23.2 Å². The maximum absolute atomic E-state index is 11.4. The number of nitrogens with two attached hydrogens (primary N) is 1. The standard InChI is InChI=1S/C13H18N4O2/c1-15-13(19)8-2-4-11(10(14)6-8)16-7-9-3-5-12(18)17-9/h2,4,6,9,16H,3,5,7,14H2,1H3,(H,15,19)(H,17,18). The molecule has 2 rings (SSSR count). The lowest BCUT2D eigenvalue weighted by Crippen LogP contribution is -2.32. The molecule has 0 saturated carbocycles. The number of amides is 2. The van der Waals surface area contributed by atoms with Crippen LogP contribution in [0.5, 0.6) is 0 Å². The third kappa shape index (κ3) is 3.15. The third-order valence-corrected chi connectivity index (χ3v) is 3.16. The highest BCUT2D eigenvalue weighted by Gasteiger charge is 2.20. The molecule has 1 aliphatic heterocycles. The fourth-order valence-corrected chi connectivity index (χ4v) is 2.07.